The van der Waals surface area contributed by atoms with Crippen molar-refractivity contribution >= 4 is 7.12 Å². The lowest BCUT2D eigenvalue weighted by Gasteiger charge is -2.33. The summed E-state index contributed by atoms with van der Waals surface area (Å²) in [6, 6.07) is 0. The fourth-order valence-electron chi connectivity index (χ4n) is 1.28. The van der Waals surface area contributed by atoms with Crippen LogP contribution in [0.25, 0.3) is 0 Å². The molecule has 0 amide bonds. The van der Waals surface area contributed by atoms with E-state index in [0.29, 0.717) is 5.92 Å². The Morgan fingerprint density at radius 3 is 2.08 bits per heavy atom. The highest BCUT2D eigenvalue weighted by Gasteiger charge is 2.37. The Kier molecular flexibility index (Phi) is 3.19. The Labute approximate surface area is 75.8 Å². The average molecular weight is 170 g/mol. The van der Waals surface area contributed by atoms with E-state index in [-0.39, 0.29) is 12.4 Å². The molecule has 0 spiro atoms. The van der Waals surface area contributed by atoms with Gasteiger partial charge < -0.3 is 9.31 Å². The van der Waals surface area contributed by atoms with E-state index in [9.17, 15) is 0 Å². The molecule has 0 atom stereocenters. The molecule has 2 nitrogen and oxygen atoms in total. The summed E-state index contributed by atoms with van der Waals surface area (Å²) in [6.07, 6.45) is 1.15. The van der Waals surface area contributed by atoms with Crippen LogP contribution in [0.15, 0.2) is 0 Å². The third-order valence-electron chi connectivity index (χ3n) is 2.25. The molecule has 0 N–H and O–H groups in total. The molecule has 0 bridgehead atoms. The summed E-state index contributed by atoms with van der Waals surface area (Å²) in [5, 5.41) is 0.110. The maximum Gasteiger partial charge on any atom is 0.462 e. The maximum atomic E-state index is 5.62. The summed E-state index contributed by atoms with van der Waals surface area (Å²) in [7, 11) is -0.0136. The largest absolute Gasteiger partial charge is 0.462 e. The monoisotopic (exact) mass is 170 g/mol. The van der Waals surface area contributed by atoms with Gasteiger partial charge in [-0.2, -0.15) is 0 Å². The standard InChI is InChI=1S/C9H19BO2/c1-5-8-6-11-10(12-7-8)9(2,3)4/h8H,5-7H2,1-4H3. The van der Waals surface area contributed by atoms with E-state index in [0.717, 1.165) is 19.6 Å². The topological polar surface area (TPSA) is 18.5 Å². The van der Waals surface area contributed by atoms with Crippen LogP contribution in [0.3, 0.4) is 0 Å². The molecule has 0 aliphatic carbocycles. The van der Waals surface area contributed by atoms with E-state index in [4.69, 9.17) is 9.31 Å². The molecule has 1 aliphatic rings. The molecule has 1 rings (SSSR count). The number of hydrogen-bond donors (Lipinski definition) is 0. The molecule has 3 heteroatoms. The second-order valence-electron chi connectivity index (χ2n) is 4.64. The maximum absolute atomic E-state index is 5.62. The normalized spacial score (nSPS) is 21.5. The highest BCUT2D eigenvalue weighted by molar-refractivity contribution is 6.48. The van der Waals surface area contributed by atoms with E-state index in [1.54, 1.807) is 0 Å². The van der Waals surface area contributed by atoms with Crippen LogP contribution in [0.1, 0.15) is 34.1 Å². The Hall–Kier alpha value is -0.0151. The van der Waals surface area contributed by atoms with Gasteiger partial charge in [-0.05, 0) is 11.7 Å². The predicted molar refractivity (Wildman–Crippen MR) is 51.2 cm³/mol. The van der Waals surface area contributed by atoms with Crippen molar-refractivity contribution in [1.29, 1.82) is 0 Å². The summed E-state index contributed by atoms with van der Waals surface area (Å²) in [5.74, 6) is 0.601. The van der Waals surface area contributed by atoms with Gasteiger partial charge in [0.15, 0.2) is 0 Å². The van der Waals surface area contributed by atoms with Crippen LogP contribution < -0.4 is 0 Å². The molecule has 1 saturated heterocycles. The van der Waals surface area contributed by atoms with E-state index < -0.39 is 0 Å². The van der Waals surface area contributed by atoms with Crippen LogP contribution in [0.2, 0.25) is 5.31 Å². The predicted octanol–water partition coefficient (Wildman–Crippen LogP) is 2.35. The van der Waals surface area contributed by atoms with Crippen LogP contribution in [0.4, 0.5) is 0 Å². The lowest BCUT2D eigenvalue weighted by Crippen LogP contribution is -2.41. The zero-order valence-corrected chi connectivity index (χ0v) is 8.59. The molecule has 0 aromatic carbocycles. The summed E-state index contributed by atoms with van der Waals surface area (Å²) in [6.45, 7) is 10.3. The summed E-state index contributed by atoms with van der Waals surface area (Å²) >= 11 is 0. The van der Waals surface area contributed by atoms with Gasteiger partial charge in [-0.15, -0.1) is 0 Å². The van der Waals surface area contributed by atoms with Crippen molar-refractivity contribution in [2.45, 2.75) is 39.4 Å². The molecular weight excluding hydrogens is 151 g/mol. The van der Waals surface area contributed by atoms with Gasteiger partial charge in [0.2, 0.25) is 0 Å². The molecule has 1 fully saturated rings. The fraction of sp³-hybridized carbons (Fsp3) is 1.00. The molecule has 0 radical (unpaired) electrons. The van der Waals surface area contributed by atoms with Crippen molar-refractivity contribution in [3.63, 3.8) is 0 Å². The number of rotatable bonds is 1. The molecule has 0 saturated carbocycles. The van der Waals surface area contributed by atoms with Gasteiger partial charge in [-0.25, -0.2) is 0 Å². The first kappa shape index (κ1) is 10.1. The van der Waals surface area contributed by atoms with Crippen LogP contribution in [-0.2, 0) is 9.31 Å². The molecule has 0 aromatic heterocycles. The van der Waals surface area contributed by atoms with Crippen LogP contribution in [0, 0.1) is 5.92 Å². The lowest BCUT2D eigenvalue weighted by atomic mass is 9.60. The van der Waals surface area contributed by atoms with Gasteiger partial charge in [0, 0.05) is 19.1 Å². The Morgan fingerprint density at radius 2 is 1.75 bits per heavy atom. The van der Waals surface area contributed by atoms with Crippen LogP contribution >= 0.6 is 0 Å². The van der Waals surface area contributed by atoms with Crippen molar-refractivity contribution in [2.75, 3.05) is 13.2 Å². The second kappa shape index (κ2) is 3.80. The van der Waals surface area contributed by atoms with Crippen molar-refractivity contribution in [3.05, 3.63) is 0 Å². The fourth-order valence-corrected chi connectivity index (χ4v) is 1.28. The van der Waals surface area contributed by atoms with Gasteiger partial charge in [0.05, 0.1) is 0 Å². The molecule has 12 heavy (non-hydrogen) atoms. The van der Waals surface area contributed by atoms with E-state index in [1.165, 1.54) is 0 Å². The van der Waals surface area contributed by atoms with Crippen LogP contribution in [-0.4, -0.2) is 20.3 Å². The highest BCUT2D eigenvalue weighted by atomic mass is 16.6. The summed E-state index contributed by atoms with van der Waals surface area (Å²) in [4.78, 5) is 0. The quantitative estimate of drug-likeness (QED) is 0.562. The Morgan fingerprint density at radius 1 is 1.25 bits per heavy atom. The first-order valence-corrected chi connectivity index (χ1v) is 4.77. The van der Waals surface area contributed by atoms with Gasteiger partial charge in [-0.1, -0.05) is 27.7 Å². The minimum atomic E-state index is -0.0136. The third kappa shape index (κ3) is 2.49. The van der Waals surface area contributed by atoms with Gasteiger partial charge in [-0.3, -0.25) is 0 Å². The average Bonchev–Trinajstić information content (AvgIpc) is 2.03. The zero-order valence-electron chi connectivity index (χ0n) is 8.59. The molecule has 1 aliphatic heterocycles. The lowest BCUT2D eigenvalue weighted by molar-refractivity contribution is 0.0666. The van der Waals surface area contributed by atoms with E-state index in [1.807, 2.05) is 0 Å². The molecule has 1 heterocycles. The van der Waals surface area contributed by atoms with Crippen molar-refractivity contribution < 1.29 is 9.31 Å². The van der Waals surface area contributed by atoms with Crippen molar-refractivity contribution in [2.24, 2.45) is 5.92 Å². The highest BCUT2D eigenvalue weighted by Crippen LogP contribution is 2.31. The first-order chi connectivity index (χ1) is 5.54. The molecule has 0 aromatic rings. The summed E-state index contributed by atoms with van der Waals surface area (Å²) < 4.78 is 11.2. The number of hydrogen-bond acceptors (Lipinski definition) is 2. The van der Waals surface area contributed by atoms with Crippen molar-refractivity contribution in [3.8, 4) is 0 Å². The third-order valence-corrected chi connectivity index (χ3v) is 2.25. The molecular formula is C9H19BO2. The zero-order chi connectivity index (χ0) is 9.19. The second-order valence-corrected chi connectivity index (χ2v) is 4.64. The van der Waals surface area contributed by atoms with Gasteiger partial charge in [0.25, 0.3) is 0 Å². The van der Waals surface area contributed by atoms with Gasteiger partial charge in [0.1, 0.15) is 0 Å². The smallest absolute Gasteiger partial charge is 0.410 e. The van der Waals surface area contributed by atoms with Crippen molar-refractivity contribution in [1.82, 2.24) is 0 Å². The minimum absolute atomic E-state index is 0.0136. The van der Waals surface area contributed by atoms with E-state index >= 15 is 0 Å². The molecule has 0 unspecified atom stereocenters. The van der Waals surface area contributed by atoms with Crippen LogP contribution in [0.5, 0.6) is 0 Å². The SMILES string of the molecule is CCC1COB(C(C)(C)C)OC1. The first-order valence-electron chi connectivity index (χ1n) is 4.77. The minimum Gasteiger partial charge on any atom is -0.410 e. The Bertz CT molecular complexity index is 134. The summed E-state index contributed by atoms with van der Waals surface area (Å²) in [5.41, 5.74) is 0. The molecule has 70 valence electrons. The Balaban J connectivity index is 2.36. The van der Waals surface area contributed by atoms with E-state index in [2.05, 4.69) is 27.7 Å². The van der Waals surface area contributed by atoms with Gasteiger partial charge >= 0.3 is 7.12 Å².